The van der Waals surface area contributed by atoms with E-state index in [0.717, 1.165) is 11.1 Å². The molecule has 1 atom stereocenters. The average molecular weight is 451 g/mol. The SMILES string of the molecule is CC(C)C(NC(=O)Cc1ccccc1)C(=O)N1CCN(CC(=O)NCc2ccccc2)CC1. The molecule has 7 nitrogen and oxygen atoms in total. The summed E-state index contributed by atoms with van der Waals surface area (Å²) in [6, 6.07) is 18.8. The number of amides is 3. The predicted molar refractivity (Wildman–Crippen MR) is 128 cm³/mol. The van der Waals surface area contributed by atoms with Gasteiger partial charge >= 0.3 is 0 Å². The molecule has 1 saturated heterocycles. The summed E-state index contributed by atoms with van der Waals surface area (Å²) in [6.45, 7) is 7.07. The van der Waals surface area contributed by atoms with Crippen molar-refractivity contribution < 1.29 is 14.4 Å². The van der Waals surface area contributed by atoms with Crippen LogP contribution in [0.5, 0.6) is 0 Å². The first-order valence-corrected chi connectivity index (χ1v) is 11.6. The summed E-state index contributed by atoms with van der Waals surface area (Å²) >= 11 is 0. The molecule has 0 bridgehead atoms. The molecular weight excluding hydrogens is 416 g/mol. The van der Waals surface area contributed by atoms with E-state index in [1.165, 1.54) is 0 Å². The number of rotatable bonds is 9. The third kappa shape index (κ3) is 7.71. The van der Waals surface area contributed by atoms with E-state index in [1.54, 1.807) is 4.90 Å². The molecule has 33 heavy (non-hydrogen) atoms. The first-order valence-electron chi connectivity index (χ1n) is 11.6. The van der Waals surface area contributed by atoms with Crippen LogP contribution < -0.4 is 10.6 Å². The van der Waals surface area contributed by atoms with Crippen molar-refractivity contribution in [3.8, 4) is 0 Å². The fourth-order valence-electron chi connectivity index (χ4n) is 3.90. The van der Waals surface area contributed by atoms with Crippen LogP contribution >= 0.6 is 0 Å². The standard InChI is InChI=1S/C26H34N4O3/c1-20(2)25(28-23(31)17-21-9-5-3-6-10-21)26(33)30-15-13-29(14-16-30)19-24(32)27-18-22-11-7-4-8-12-22/h3-12,20,25H,13-19H2,1-2H3,(H,27,32)(H,28,31). The minimum Gasteiger partial charge on any atom is -0.351 e. The molecule has 0 radical (unpaired) electrons. The number of nitrogens with one attached hydrogen (secondary N) is 2. The lowest BCUT2D eigenvalue weighted by molar-refractivity contribution is -0.139. The van der Waals surface area contributed by atoms with Crippen LogP contribution in [-0.4, -0.2) is 66.3 Å². The quantitative estimate of drug-likeness (QED) is 0.611. The van der Waals surface area contributed by atoms with Gasteiger partial charge in [-0.15, -0.1) is 0 Å². The van der Waals surface area contributed by atoms with Crippen molar-refractivity contribution in [2.24, 2.45) is 5.92 Å². The lowest BCUT2D eigenvalue weighted by Gasteiger charge is -2.37. The molecule has 7 heteroatoms. The Morgan fingerprint density at radius 3 is 1.97 bits per heavy atom. The van der Waals surface area contributed by atoms with Crippen molar-refractivity contribution >= 4 is 17.7 Å². The fraction of sp³-hybridized carbons (Fsp3) is 0.423. The lowest BCUT2D eigenvalue weighted by Crippen LogP contribution is -2.57. The molecule has 2 N–H and O–H groups in total. The van der Waals surface area contributed by atoms with Crippen molar-refractivity contribution in [1.29, 1.82) is 0 Å². The van der Waals surface area contributed by atoms with Crippen LogP contribution in [0.2, 0.25) is 0 Å². The molecule has 3 amide bonds. The normalized spacial score (nSPS) is 15.2. The maximum Gasteiger partial charge on any atom is 0.245 e. The fourth-order valence-corrected chi connectivity index (χ4v) is 3.90. The monoisotopic (exact) mass is 450 g/mol. The van der Waals surface area contributed by atoms with E-state index in [9.17, 15) is 14.4 Å². The second-order valence-electron chi connectivity index (χ2n) is 8.82. The number of carbonyl (C=O) groups excluding carboxylic acids is 3. The summed E-state index contributed by atoms with van der Waals surface area (Å²) in [4.78, 5) is 41.8. The van der Waals surface area contributed by atoms with E-state index in [2.05, 4.69) is 15.5 Å². The summed E-state index contributed by atoms with van der Waals surface area (Å²) in [5, 5.41) is 5.88. The van der Waals surface area contributed by atoms with Crippen LogP contribution in [0.1, 0.15) is 25.0 Å². The predicted octanol–water partition coefficient (Wildman–Crippen LogP) is 1.83. The maximum atomic E-state index is 13.1. The van der Waals surface area contributed by atoms with Crippen LogP contribution in [-0.2, 0) is 27.3 Å². The van der Waals surface area contributed by atoms with Crippen LogP contribution in [0, 0.1) is 5.92 Å². The second-order valence-corrected chi connectivity index (χ2v) is 8.82. The molecular formula is C26H34N4O3. The zero-order valence-corrected chi connectivity index (χ0v) is 19.5. The minimum atomic E-state index is -0.554. The third-order valence-corrected chi connectivity index (χ3v) is 5.84. The van der Waals surface area contributed by atoms with Crippen molar-refractivity contribution in [1.82, 2.24) is 20.4 Å². The summed E-state index contributed by atoms with van der Waals surface area (Å²) < 4.78 is 0. The van der Waals surface area contributed by atoms with Crippen LogP contribution in [0.25, 0.3) is 0 Å². The highest BCUT2D eigenvalue weighted by atomic mass is 16.2. The topological polar surface area (TPSA) is 81.8 Å². The molecule has 0 saturated carbocycles. The maximum absolute atomic E-state index is 13.1. The van der Waals surface area contributed by atoms with Gasteiger partial charge in [-0.05, 0) is 17.0 Å². The van der Waals surface area contributed by atoms with Crippen molar-refractivity contribution in [3.05, 3.63) is 71.8 Å². The van der Waals surface area contributed by atoms with Crippen LogP contribution in [0.3, 0.4) is 0 Å². The molecule has 176 valence electrons. The van der Waals surface area contributed by atoms with E-state index in [4.69, 9.17) is 0 Å². The Labute approximate surface area is 196 Å². The molecule has 1 heterocycles. The van der Waals surface area contributed by atoms with Gasteiger partial charge < -0.3 is 15.5 Å². The Morgan fingerprint density at radius 1 is 0.818 bits per heavy atom. The Balaban J connectivity index is 1.44. The van der Waals surface area contributed by atoms with Gasteiger partial charge in [-0.2, -0.15) is 0 Å². The number of nitrogens with zero attached hydrogens (tertiary/aromatic N) is 2. The number of piperazine rings is 1. The largest absolute Gasteiger partial charge is 0.351 e. The highest BCUT2D eigenvalue weighted by molar-refractivity contribution is 5.88. The second kappa shape index (κ2) is 12.2. The Hall–Kier alpha value is -3.19. The highest BCUT2D eigenvalue weighted by Gasteiger charge is 2.31. The first kappa shape index (κ1) is 24.5. The van der Waals surface area contributed by atoms with Gasteiger partial charge in [0.1, 0.15) is 6.04 Å². The zero-order chi connectivity index (χ0) is 23.6. The molecule has 1 aliphatic rings. The molecule has 3 rings (SSSR count). The van der Waals surface area contributed by atoms with E-state index < -0.39 is 6.04 Å². The van der Waals surface area contributed by atoms with E-state index in [-0.39, 0.29) is 30.1 Å². The smallest absolute Gasteiger partial charge is 0.245 e. The number of hydrogen-bond acceptors (Lipinski definition) is 4. The number of carbonyl (C=O) groups is 3. The molecule has 0 spiro atoms. The summed E-state index contributed by atoms with van der Waals surface area (Å²) in [5.74, 6) is -0.243. The van der Waals surface area contributed by atoms with Gasteiger partial charge in [-0.1, -0.05) is 74.5 Å². The van der Waals surface area contributed by atoms with Crippen molar-refractivity contribution in [3.63, 3.8) is 0 Å². The van der Waals surface area contributed by atoms with Crippen molar-refractivity contribution in [2.45, 2.75) is 32.9 Å². The van der Waals surface area contributed by atoms with Gasteiger partial charge in [0.25, 0.3) is 0 Å². The third-order valence-electron chi connectivity index (χ3n) is 5.84. The Morgan fingerprint density at radius 2 is 1.39 bits per heavy atom. The van der Waals surface area contributed by atoms with Gasteiger partial charge in [-0.3, -0.25) is 19.3 Å². The molecule has 2 aromatic carbocycles. The first-order chi connectivity index (χ1) is 15.9. The molecule has 0 aliphatic carbocycles. The number of hydrogen-bond donors (Lipinski definition) is 2. The van der Waals surface area contributed by atoms with Gasteiger partial charge in [0.2, 0.25) is 17.7 Å². The molecule has 1 unspecified atom stereocenters. The zero-order valence-electron chi connectivity index (χ0n) is 19.5. The van der Waals surface area contributed by atoms with Crippen molar-refractivity contribution in [2.75, 3.05) is 32.7 Å². The van der Waals surface area contributed by atoms with Crippen LogP contribution in [0.15, 0.2) is 60.7 Å². The van der Waals surface area contributed by atoms with Gasteiger partial charge in [-0.25, -0.2) is 0 Å². The Bertz CT molecular complexity index is 910. The van der Waals surface area contributed by atoms with E-state index in [0.29, 0.717) is 39.3 Å². The molecule has 1 fully saturated rings. The average Bonchev–Trinajstić information content (AvgIpc) is 2.82. The molecule has 1 aliphatic heterocycles. The molecule has 2 aromatic rings. The summed E-state index contributed by atoms with van der Waals surface area (Å²) in [5.41, 5.74) is 1.99. The molecule has 0 aromatic heterocycles. The van der Waals surface area contributed by atoms with Gasteiger partial charge in [0.05, 0.1) is 13.0 Å². The summed E-state index contributed by atoms with van der Waals surface area (Å²) in [7, 11) is 0. The van der Waals surface area contributed by atoms with Gasteiger partial charge in [0, 0.05) is 32.7 Å². The minimum absolute atomic E-state index is 0.0148. The van der Waals surface area contributed by atoms with E-state index in [1.807, 2.05) is 74.5 Å². The Kier molecular flexibility index (Phi) is 9.01. The van der Waals surface area contributed by atoms with E-state index >= 15 is 0 Å². The van der Waals surface area contributed by atoms with Crippen LogP contribution in [0.4, 0.5) is 0 Å². The summed E-state index contributed by atoms with van der Waals surface area (Å²) in [6.07, 6.45) is 0.253. The lowest BCUT2D eigenvalue weighted by atomic mass is 10.0. The van der Waals surface area contributed by atoms with Gasteiger partial charge in [0.15, 0.2) is 0 Å². The highest BCUT2D eigenvalue weighted by Crippen LogP contribution is 2.11. The number of benzene rings is 2.